The minimum Gasteiger partial charge on any atom is -0.330 e. The zero-order valence-corrected chi connectivity index (χ0v) is 5.19. The van der Waals surface area contributed by atoms with Crippen molar-refractivity contribution in [2.45, 2.75) is 31.2 Å². The van der Waals surface area contributed by atoms with Crippen molar-refractivity contribution < 1.29 is 0 Å². The number of rotatable bonds is 2. The highest BCUT2D eigenvalue weighted by Crippen LogP contribution is 2.31. The van der Waals surface area contributed by atoms with Crippen molar-refractivity contribution in [3.8, 4) is 0 Å². The summed E-state index contributed by atoms with van der Waals surface area (Å²) in [5.41, 5.74) is 11.3. The van der Waals surface area contributed by atoms with Crippen LogP contribution >= 0.6 is 0 Å². The summed E-state index contributed by atoms with van der Waals surface area (Å²) in [7, 11) is 0. The lowest BCUT2D eigenvalue weighted by atomic mass is 9.75. The first-order valence-corrected chi connectivity index (χ1v) is 3.26. The topological polar surface area (TPSA) is 52.0 Å². The normalized spacial score (nSPS) is 24.8. The van der Waals surface area contributed by atoms with Gasteiger partial charge in [0.2, 0.25) is 0 Å². The van der Waals surface area contributed by atoms with Gasteiger partial charge in [0.05, 0.1) is 0 Å². The lowest BCUT2D eigenvalue weighted by Gasteiger charge is -2.37. The van der Waals surface area contributed by atoms with E-state index < -0.39 is 0 Å². The van der Waals surface area contributed by atoms with Gasteiger partial charge in [-0.1, -0.05) is 0 Å². The van der Waals surface area contributed by atoms with Crippen LogP contribution in [-0.2, 0) is 0 Å². The molecule has 0 unspecified atom stereocenters. The van der Waals surface area contributed by atoms with E-state index in [0.717, 1.165) is 13.0 Å². The summed E-state index contributed by atoms with van der Waals surface area (Å²) in [5, 5.41) is 0. The third kappa shape index (κ3) is 1.01. The molecule has 0 amide bonds. The van der Waals surface area contributed by atoms with Gasteiger partial charge in [-0.25, -0.2) is 0 Å². The number of nitrogens with two attached hydrogens (primary N) is 2. The molecule has 1 fully saturated rings. The quantitative estimate of drug-likeness (QED) is 0.539. The molecule has 0 aliphatic heterocycles. The maximum atomic E-state index is 5.83. The van der Waals surface area contributed by atoms with Gasteiger partial charge in [0.1, 0.15) is 0 Å². The summed E-state index contributed by atoms with van der Waals surface area (Å²) >= 11 is 0. The lowest BCUT2D eigenvalue weighted by molar-refractivity contribution is 0.235. The molecule has 2 nitrogen and oxygen atoms in total. The van der Waals surface area contributed by atoms with Crippen molar-refractivity contribution in [1.82, 2.24) is 0 Å². The van der Waals surface area contributed by atoms with E-state index in [2.05, 4.69) is 0 Å². The van der Waals surface area contributed by atoms with Crippen molar-refractivity contribution >= 4 is 0 Å². The van der Waals surface area contributed by atoms with Crippen LogP contribution in [0.1, 0.15) is 25.7 Å². The van der Waals surface area contributed by atoms with E-state index in [1.165, 1.54) is 19.3 Å². The van der Waals surface area contributed by atoms with Gasteiger partial charge < -0.3 is 11.5 Å². The van der Waals surface area contributed by atoms with Crippen LogP contribution in [-0.4, -0.2) is 12.1 Å². The zero-order valence-electron chi connectivity index (χ0n) is 5.19. The van der Waals surface area contributed by atoms with Crippen LogP contribution in [0.3, 0.4) is 0 Å². The summed E-state index contributed by atoms with van der Waals surface area (Å²) in [6.45, 7) is 0.747. The Morgan fingerprint density at radius 2 is 2.00 bits per heavy atom. The van der Waals surface area contributed by atoms with Gasteiger partial charge in [-0.3, -0.25) is 0 Å². The second kappa shape index (κ2) is 2.03. The molecule has 2 heteroatoms. The number of hydrogen-bond donors (Lipinski definition) is 2. The maximum Gasteiger partial charge on any atom is 0.0166 e. The largest absolute Gasteiger partial charge is 0.330 e. The minimum atomic E-state index is 0.148. The molecule has 0 aromatic rings. The van der Waals surface area contributed by atoms with Crippen molar-refractivity contribution in [2.75, 3.05) is 6.54 Å². The Labute approximate surface area is 50.2 Å². The first kappa shape index (κ1) is 6.05. The predicted molar refractivity (Wildman–Crippen MR) is 34.4 cm³/mol. The smallest absolute Gasteiger partial charge is 0.0166 e. The highest BCUT2D eigenvalue weighted by molar-refractivity contribution is 4.92. The highest BCUT2D eigenvalue weighted by atomic mass is 14.8. The average molecular weight is 114 g/mol. The first-order chi connectivity index (χ1) is 3.77. The van der Waals surface area contributed by atoms with Gasteiger partial charge in [0.15, 0.2) is 0 Å². The summed E-state index contributed by atoms with van der Waals surface area (Å²) in [6.07, 6.45) is 4.68. The van der Waals surface area contributed by atoms with Crippen LogP contribution in [0.2, 0.25) is 0 Å². The molecular formula is C6H14N2. The molecule has 0 bridgehead atoms. The maximum absolute atomic E-state index is 5.83. The van der Waals surface area contributed by atoms with E-state index in [1.807, 2.05) is 0 Å². The van der Waals surface area contributed by atoms with E-state index in [-0.39, 0.29) is 5.54 Å². The molecule has 0 aromatic carbocycles. The van der Waals surface area contributed by atoms with Crippen molar-refractivity contribution in [3.05, 3.63) is 0 Å². The van der Waals surface area contributed by atoms with Crippen LogP contribution < -0.4 is 11.5 Å². The molecule has 1 aliphatic rings. The molecule has 1 rings (SSSR count). The van der Waals surface area contributed by atoms with E-state index in [1.54, 1.807) is 0 Å². The fourth-order valence-electron chi connectivity index (χ4n) is 1.17. The first-order valence-electron chi connectivity index (χ1n) is 3.26. The second-order valence-corrected chi connectivity index (χ2v) is 2.75. The fraction of sp³-hybridized carbons (Fsp3) is 1.00. The van der Waals surface area contributed by atoms with Gasteiger partial charge in [-0.15, -0.1) is 0 Å². The van der Waals surface area contributed by atoms with Crippen molar-refractivity contribution in [2.24, 2.45) is 11.5 Å². The van der Waals surface area contributed by atoms with Gasteiger partial charge in [-0.2, -0.15) is 0 Å². The minimum absolute atomic E-state index is 0.148. The zero-order chi connectivity index (χ0) is 6.04. The van der Waals surface area contributed by atoms with Gasteiger partial charge in [-0.05, 0) is 32.2 Å². The molecule has 0 aromatic heterocycles. The lowest BCUT2D eigenvalue weighted by Crippen LogP contribution is -2.47. The molecule has 8 heavy (non-hydrogen) atoms. The molecule has 0 heterocycles. The Kier molecular flexibility index (Phi) is 1.54. The van der Waals surface area contributed by atoms with E-state index in [9.17, 15) is 0 Å². The highest BCUT2D eigenvalue weighted by Gasteiger charge is 2.30. The third-order valence-corrected chi connectivity index (χ3v) is 1.99. The molecule has 48 valence electrons. The molecule has 0 spiro atoms. The average Bonchev–Trinajstić information content (AvgIpc) is 1.64. The van der Waals surface area contributed by atoms with Crippen LogP contribution in [0.15, 0.2) is 0 Å². The standard InChI is InChI=1S/C6H14N2/c7-5-4-6(8)2-1-3-6/h1-5,7-8H2. The van der Waals surface area contributed by atoms with E-state index in [0.29, 0.717) is 0 Å². The molecule has 0 saturated heterocycles. The Hall–Kier alpha value is -0.0800. The van der Waals surface area contributed by atoms with Crippen LogP contribution in [0.25, 0.3) is 0 Å². The second-order valence-electron chi connectivity index (χ2n) is 2.75. The molecule has 1 saturated carbocycles. The summed E-state index contributed by atoms with van der Waals surface area (Å²) < 4.78 is 0. The van der Waals surface area contributed by atoms with Gasteiger partial charge >= 0.3 is 0 Å². The van der Waals surface area contributed by atoms with Crippen molar-refractivity contribution in [3.63, 3.8) is 0 Å². The van der Waals surface area contributed by atoms with Crippen LogP contribution in [0.4, 0.5) is 0 Å². The van der Waals surface area contributed by atoms with Gasteiger partial charge in [0.25, 0.3) is 0 Å². The van der Waals surface area contributed by atoms with E-state index in [4.69, 9.17) is 11.5 Å². The van der Waals surface area contributed by atoms with Crippen molar-refractivity contribution in [1.29, 1.82) is 0 Å². The summed E-state index contributed by atoms with van der Waals surface area (Å²) in [4.78, 5) is 0. The molecular weight excluding hydrogens is 100 g/mol. The Balaban J connectivity index is 2.20. The summed E-state index contributed by atoms with van der Waals surface area (Å²) in [5.74, 6) is 0. The molecule has 4 N–H and O–H groups in total. The molecule has 0 atom stereocenters. The monoisotopic (exact) mass is 114 g/mol. The Morgan fingerprint density at radius 1 is 1.38 bits per heavy atom. The predicted octanol–water partition coefficient (Wildman–Crippen LogP) is 0.217. The third-order valence-electron chi connectivity index (χ3n) is 1.99. The van der Waals surface area contributed by atoms with Crippen LogP contribution in [0.5, 0.6) is 0 Å². The van der Waals surface area contributed by atoms with Gasteiger partial charge in [0, 0.05) is 5.54 Å². The molecule has 1 aliphatic carbocycles. The molecule has 0 radical (unpaired) electrons. The fourth-order valence-corrected chi connectivity index (χ4v) is 1.17. The summed E-state index contributed by atoms with van der Waals surface area (Å²) in [6, 6.07) is 0. The SMILES string of the molecule is NCCC1(N)CCC1. The Morgan fingerprint density at radius 3 is 2.12 bits per heavy atom. The van der Waals surface area contributed by atoms with E-state index >= 15 is 0 Å². The Bertz CT molecular complexity index is 76.6. The number of hydrogen-bond acceptors (Lipinski definition) is 2. The van der Waals surface area contributed by atoms with Crippen LogP contribution in [0, 0.1) is 0 Å².